The highest BCUT2D eigenvalue weighted by molar-refractivity contribution is 7.12. The highest BCUT2D eigenvalue weighted by Crippen LogP contribution is 2.12. The van der Waals surface area contributed by atoms with Gasteiger partial charge in [0, 0.05) is 20.0 Å². The van der Waals surface area contributed by atoms with Crippen molar-refractivity contribution in [2.24, 2.45) is 0 Å². The molecule has 6 nitrogen and oxygen atoms in total. The van der Waals surface area contributed by atoms with Crippen LogP contribution >= 0.6 is 11.3 Å². The molecule has 1 heterocycles. The molecule has 1 atom stereocenters. The van der Waals surface area contributed by atoms with E-state index in [1.807, 2.05) is 0 Å². The van der Waals surface area contributed by atoms with E-state index in [1.165, 1.54) is 18.3 Å². The van der Waals surface area contributed by atoms with Gasteiger partial charge in [-0.2, -0.15) is 0 Å². The second kappa shape index (κ2) is 7.65. The molecule has 0 fully saturated rings. The molecule has 0 aliphatic carbocycles. The second-order valence-corrected chi connectivity index (χ2v) is 4.88. The summed E-state index contributed by atoms with van der Waals surface area (Å²) in [6.07, 6.45) is -0.281. The Bertz CT molecular complexity index is 445. The van der Waals surface area contributed by atoms with Crippen molar-refractivity contribution in [2.75, 3.05) is 13.1 Å². The lowest BCUT2D eigenvalue weighted by Crippen LogP contribution is -2.42. The lowest BCUT2D eigenvalue weighted by molar-refractivity contribution is -0.137. The van der Waals surface area contributed by atoms with Gasteiger partial charge in [0.1, 0.15) is 0 Å². The van der Waals surface area contributed by atoms with Gasteiger partial charge >= 0.3 is 5.97 Å². The van der Waals surface area contributed by atoms with E-state index in [9.17, 15) is 14.4 Å². The molecule has 0 aromatic carbocycles. The van der Waals surface area contributed by atoms with Crippen LogP contribution in [-0.2, 0) is 9.59 Å². The maximum atomic E-state index is 12.1. The maximum absolute atomic E-state index is 12.1. The number of carbonyl (C=O) groups is 3. The average molecular weight is 284 g/mol. The summed E-state index contributed by atoms with van der Waals surface area (Å²) in [6, 6.07) is 2.63. The molecular weight excluding hydrogens is 268 g/mol. The van der Waals surface area contributed by atoms with Crippen LogP contribution < -0.4 is 10.6 Å². The first-order valence-corrected chi connectivity index (χ1v) is 6.66. The smallest absolute Gasteiger partial charge is 0.305 e. The molecule has 0 aliphatic heterocycles. The minimum absolute atomic E-state index is 0.166. The summed E-state index contributed by atoms with van der Waals surface area (Å²) in [4.78, 5) is 34.0. The predicted octanol–water partition coefficient (Wildman–Crippen LogP) is 0.500. The fourth-order valence-corrected chi connectivity index (χ4v) is 2.23. The number of amides is 1. The van der Waals surface area contributed by atoms with E-state index in [4.69, 9.17) is 5.11 Å². The summed E-state index contributed by atoms with van der Waals surface area (Å²) < 4.78 is 0. The first kappa shape index (κ1) is 15.3. The lowest BCUT2D eigenvalue weighted by atomic mass is 10.1. The van der Waals surface area contributed by atoms with Crippen LogP contribution in [-0.4, -0.2) is 41.9 Å². The quantitative estimate of drug-likeness (QED) is 0.477. The van der Waals surface area contributed by atoms with Gasteiger partial charge in [-0.05, 0) is 11.4 Å². The van der Waals surface area contributed by atoms with Crippen molar-refractivity contribution in [3.63, 3.8) is 0 Å². The van der Waals surface area contributed by atoms with Gasteiger partial charge in [0.25, 0.3) is 0 Å². The molecule has 1 amide bonds. The van der Waals surface area contributed by atoms with Gasteiger partial charge < -0.3 is 15.7 Å². The Morgan fingerprint density at radius 1 is 1.37 bits per heavy atom. The number of Topliss-reactive ketones (excluding diaryl/α,β-unsaturated/α-hetero) is 1. The first-order valence-electron chi connectivity index (χ1n) is 5.78. The van der Waals surface area contributed by atoms with E-state index < -0.39 is 12.0 Å². The topological polar surface area (TPSA) is 95.5 Å². The van der Waals surface area contributed by atoms with E-state index in [0.29, 0.717) is 18.0 Å². The summed E-state index contributed by atoms with van der Waals surface area (Å²) in [5, 5.41) is 16.0. The molecule has 1 unspecified atom stereocenters. The molecule has 0 radical (unpaired) electrons. The zero-order valence-electron chi connectivity index (χ0n) is 10.5. The average Bonchev–Trinajstić information content (AvgIpc) is 2.85. The summed E-state index contributed by atoms with van der Waals surface area (Å²) in [6.45, 7) is 2.09. The third-order valence-electron chi connectivity index (χ3n) is 2.35. The third-order valence-corrected chi connectivity index (χ3v) is 3.23. The number of rotatable bonds is 8. The van der Waals surface area contributed by atoms with E-state index >= 15 is 0 Å². The van der Waals surface area contributed by atoms with Crippen LogP contribution in [0.3, 0.4) is 0 Å². The van der Waals surface area contributed by atoms with Gasteiger partial charge in [-0.3, -0.25) is 14.4 Å². The molecule has 19 heavy (non-hydrogen) atoms. The van der Waals surface area contributed by atoms with E-state index in [1.54, 1.807) is 17.5 Å². The summed E-state index contributed by atoms with van der Waals surface area (Å²) >= 11 is 1.28. The normalized spacial score (nSPS) is 11.8. The number of thiophene rings is 1. The number of ketones is 1. The zero-order chi connectivity index (χ0) is 14.3. The van der Waals surface area contributed by atoms with Crippen LogP contribution in [0.25, 0.3) is 0 Å². The predicted molar refractivity (Wildman–Crippen MR) is 71.4 cm³/mol. The fraction of sp³-hybridized carbons (Fsp3) is 0.417. The van der Waals surface area contributed by atoms with Crippen molar-refractivity contribution in [1.29, 1.82) is 0 Å². The van der Waals surface area contributed by atoms with Gasteiger partial charge in [0.2, 0.25) is 5.91 Å². The molecule has 0 aliphatic rings. The second-order valence-electron chi connectivity index (χ2n) is 3.93. The molecule has 104 valence electrons. The minimum atomic E-state index is -1.04. The fourth-order valence-electron chi connectivity index (χ4n) is 1.51. The number of carboxylic acid groups (broad SMARTS) is 1. The van der Waals surface area contributed by atoms with Crippen LogP contribution in [0.1, 0.15) is 23.0 Å². The standard InChI is InChI=1S/C12H16N2O4S/c1-8(15)13-4-5-14-9(7-11(16)17)12(18)10-3-2-6-19-10/h2-3,6,9,14H,4-5,7H2,1H3,(H,13,15)(H,16,17). The molecule has 0 saturated heterocycles. The lowest BCUT2D eigenvalue weighted by Gasteiger charge is -2.15. The highest BCUT2D eigenvalue weighted by Gasteiger charge is 2.22. The third kappa shape index (κ3) is 5.62. The van der Waals surface area contributed by atoms with Crippen molar-refractivity contribution >= 4 is 29.0 Å². The van der Waals surface area contributed by atoms with E-state index in [0.717, 1.165) is 0 Å². The van der Waals surface area contributed by atoms with Crippen LogP contribution in [0.15, 0.2) is 17.5 Å². The van der Waals surface area contributed by atoms with Crippen molar-refractivity contribution < 1.29 is 19.5 Å². The van der Waals surface area contributed by atoms with Crippen molar-refractivity contribution in [2.45, 2.75) is 19.4 Å². The number of nitrogens with one attached hydrogen (secondary N) is 2. The Balaban J connectivity index is 2.54. The molecular formula is C12H16N2O4S. The molecule has 0 saturated carbocycles. The zero-order valence-corrected chi connectivity index (χ0v) is 11.3. The van der Waals surface area contributed by atoms with Gasteiger partial charge in [-0.1, -0.05) is 6.07 Å². The minimum Gasteiger partial charge on any atom is -0.481 e. The molecule has 1 aromatic rings. The van der Waals surface area contributed by atoms with Gasteiger partial charge in [0.15, 0.2) is 5.78 Å². The molecule has 1 rings (SSSR count). The molecule has 1 aromatic heterocycles. The Labute approximate surface area is 114 Å². The van der Waals surface area contributed by atoms with E-state index in [2.05, 4.69) is 10.6 Å². The van der Waals surface area contributed by atoms with Crippen LogP contribution in [0, 0.1) is 0 Å². The Kier molecular flexibility index (Phi) is 6.17. The van der Waals surface area contributed by atoms with Crippen LogP contribution in [0.5, 0.6) is 0 Å². The van der Waals surface area contributed by atoms with Gasteiger partial charge in [-0.15, -0.1) is 11.3 Å². The van der Waals surface area contributed by atoms with Crippen molar-refractivity contribution in [3.05, 3.63) is 22.4 Å². The SMILES string of the molecule is CC(=O)NCCNC(CC(=O)O)C(=O)c1cccs1. The number of hydrogen-bond donors (Lipinski definition) is 3. The summed E-state index contributed by atoms with van der Waals surface area (Å²) in [7, 11) is 0. The number of carboxylic acids is 1. The Morgan fingerprint density at radius 3 is 2.63 bits per heavy atom. The first-order chi connectivity index (χ1) is 9.00. The van der Waals surface area contributed by atoms with Gasteiger partial charge in [-0.25, -0.2) is 0 Å². The van der Waals surface area contributed by atoms with Crippen molar-refractivity contribution in [3.8, 4) is 0 Å². The molecule has 3 N–H and O–H groups in total. The summed E-state index contributed by atoms with van der Waals surface area (Å²) in [5.74, 6) is -1.44. The van der Waals surface area contributed by atoms with Gasteiger partial charge in [0.05, 0.1) is 17.3 Å². The summed E-state index contributed by atoms with van der Waals surface area (Å²) in [5.41, 5.74) is 0. The largest absolute Gasteiger partial charge is 0.481 e. The highest BCUT2D eigenvalue weighted by atomic mass is 32.1. The number of aliphatic carboxylic acids is 1. The van der Waals surface area contributed by atoms with Crippen molar-refractivity contribution in [1.82, 2.24) is 10.6 Å². The monoisotopic (exact) mass is 284 g/mol. The number of hydrogen-bond acceptors (Lipinski definition) is 5. The van der Waals surface area contributed by atoms with E-state index in [-0.39, 0.29) is 18.1 Å². The maximum Gasteiger partial charge on any atom is 0.305 e. The Morgan fingerprint density at radius 2 is 2.11 bits per heavy atom. The molecule has 0 spiro atoms. The number of carbonyl (C=O) groups excluding carboxylic acids is 2. The molecule has 7 heteroatoms. The molecule has 0 bridgehead atoms. The van der Waals surface area contributed by atoms with Crippen LogP contribution in [0.4, 0.5) is 0 Å². The Hall–Kier alpha value is -1.73. The van der Waals surface area contributed by atoms with Crippen LogP contribution in [0.2, 0.25) is 0 Å².